The van der Waals surface area contributed by atoms with Crippen LogP contribution in [0.15, 0.2) is 12.3 Å². The summed E-state index contributed by atoms with van der Waals surface area (Å²) in [5.41, 5.74) is 0. The first-order valence-electron chi connectivity index (χ1n) is 5.05. The predicted octanol–water partition coefficient (Wildman–Crippen LogP) is 2.31. The van der Waals surface area contributed by atoms with Crippen LogP contribution in [0.4, 0.5) is 0 Å². The van der Waals surface area contributed by atoms with Crippen molar-refractivity contribution in [2.45, 2.75) is 52.4 Å². The Bertz CT molecular complexity index is 149. The summed E-state index contributed by atoms with van der Waals surface area (Å²) in [7, 11) is 0. The van der Waals surface area contributed by atoms with E-state index in [-0.39, 0.29) is 5.76 Å². The highest BCUT2D eigenvalue weighted by atomic mass is 16.4. The molecule has 0 aliphatic carbocycles. The van der Waals surface area contributed by atoms with Gasteiger partial charge in [0.15, 0.2) is 0 Å². The molecule has 0 aromatic rings. The van der Waals surface area contributed by atoms with Crippen molar-refractivity contribution >= 4 is 5.97 Å². The molecule has 0 unspecified atom stereocenters. The molecule has 0 aliphatic rings. The van der Waals surface area contributed by atoms with E-state index in [0.29, 0.717) is 6.42 Å². The molecule has 0 amide bonds. The Morgan fingerprint density at radius 1 is 1.29 bits per heavy atom. The highest BCUT2D eigenvalue weighted by molar-refractivity contribution is 5.66. The van der Waals surface area contributed by atoms with Crippen molar-refractivity contribution in [3.63, 3.8) is 0 Å². The van der Waals surface area contributed by atoms with Crippen molar-refractivity contribution in [1.82, 2.24) is 0 Å². The second-order valence-electron chi connectivity index (χ2n) is 3.26. The summed E-state index contributed by atoms with van der Waals surface area (Å²) in [6.45, 7) is 6.57. The molecular formula is C11H21O3-. The SMILES string of the molecule is C=C(C)[O-].CCCCCCCC(=O)O. The standard InChI is InChI=1S/C8H16O2.C3H6O/c1-2-3-4-5-6-7-8(9)10;1-3(2)4/h2-7H2,1H3,(H,9,10);4H,1H2,2H3/p-1. The van der Waals surface area contributed by atoms with Crippen LogP contribution >= 0.6 is 0 Å². The first kappa shape index (κ1) is 15.5. The van der Waals surface area contributed by atoms with Crippen LogP contribution in [0.5, 0.6) is 0 Å². The first-order valence-corrected chi connectivity index (χ1v) is 5.05. The van der Waals surface area contributed by atoms with Crippen LogP contribution in [0.3, 0.4) is 0 Å². The van der Waals surface area contributed by atoms with Gasteiger partial charge >= 0.3 is 5.97 Å². The van der Waals surface area contributed by atoms with E-state index in [4.69, 9.17) is 5.11 Å². The molecule has 0 spiro atoms. The van der Waals surface area contributed by atoms with Gasteiger partial charge in [0, 0.05) is 6.42 Å². The Morgan fingerprint density at radius 2 is 1.71 bits per heavy atom. The number of hydrogen-bond acceptors (Lipinski definition) is 2. The van der Waals surface area contributed by atoms with Crippen molar-refractivity contribution in [2.75, 3.05) is 0 Å². The number of rotatable bonds is 6. The summed E-state index contributed by atoms with van der Waals surface area (Å²) in [6.07, 6.45) is 5.88. The minimum absolute atomic E-state index is 0.0833. The number of carbonyl (C=O) groups is 1. The lowest BCUT2D eigenvalue weighted by Crippen LogP contribution is -1.93. The molecule has 0 saturated heterocycles. The van der Waals surface area contributed by atoms with Gasteiger partial charge in [-0.25, -0.2) is 0 Å². The van der Waals surface area contributed by atoms with E-state index in [1.165, 1.54) is 26.2 Å². The second-order valence-corrected chi connectivity index (χ2v) is 3.26. The number of carboxylic acid groups (broad SMARTS) is 1. The molecule has 0 fully saturated rings. The minimum atomic E-state index is -0.670. The third kappa shape index (κ3) is 30.5. The lowest BCUT2D eigenvalue weighted by molar-refractivity contribution is -0.300. The highest BCUT2D eigenvalue weighted by Gasteiger charge is 1.94. The van der Waals surface area contributed by atoms with Crippen molar-refractivity contribution in [3.05, 3.63) is 12.3 Å². The molecule has 14 heavy (non-hydrogen) atoms. The summed E-state index contributed by atoms with van der Waals surface area (Å²) in [5.74, 6) is -0.753. The van der Waals surface area contributed by atoms with Crippen LogP contribution < -0.4 is 5.11 Å². The molecule has 0 bridgehead atoms. The average molecular weight is 201 g/mol. The van der Waals surface area contributed by atoms with Crippen LogP contribution in [0.2, 0.25) is 0 Å². The lowest BCUT2D eigenvalue weighted by Gasteiger charge is -1.95. The van der Waals surface area contributed by atoms with Crippen LogP contribution in [-0.2, 0) is 4.79 Å². The average Bonchev–Trinajstić information content (AvgIpc) is 2.02. The van der Waals surface area contributed by atoms with Gasteiger partial charge in [0.25, 0.3) is 0 Å². The molecule has 0 saturated carbocycles. The fourth-order valence-corrected chi connectivity index (χ4v) is 0.880. The fourth-order valence-electron chi connectivity index (χ4n) is 0.880. The first-order chi connectivity index (χ1) is 6.50. The van der Waals surface area contributed by atoms with E-state index < -0.39 is 5.97 Å². The van der Waals surface area contributed by atoms with Gasteiger partial charge in [-0.1, -0.05) is 39.5 Å². The van der Waals surface area contributed by atoms with Gasteiger partial charge in [-0.05, 0) is 6.42 Å². The number of aliphatic carboxylic acids is 1. The van der Waals surface area contributed by atoms with E-state index in [0.717, 1.165) is 12.8 Å². The maximum Gasteiger partial charge on any atom is 0.303 e. The zero-order chi connectivity index (χ0) is 11.4. The third-order valence-corrected chi connectivity index (χ3v) is 1.49. The maximum atomic E-state index is 10.0. The molecular weight excluding hydrogens is 180 g/mol. The molecule has 84 valence electrons. The van der Waals surface area contributed by atoms with Crippen LogP contribution in [0.25, 0.3) is 0 Å². The van der Waals surface area contributed by atoms with Gasteiger partial charge < -0.3 is 10.2 Å². The van der Waals surface area contributed by atoms with Crippen molar-refractivity contribution in [3.8, 4) is 0 Å². The normalized spacial score (nSPS) is 8.71. The zero-order valence-corrected chi connectivity index (χ0v) is 9.21. The van der Waals surface area contributed by atoms with E-state index in [1.54, 1.807) is 0 Å². The summed E-state index contributed by atoms with van der Waals surface area (Å²) in [5, 5.41) is 17.6. The molecule has 1 N–H and O–H groups in total. The second kappa shape index (κ2) is 12.0. The van der Waals surface area contributed by atoms with Gasteiger partial charge in [-0.15, -0.1) is 12.3 Å². The fraction of sp³-hybridized carbons (Fsp3) is 0.727. The Morgan fingerprint density at radius 3 is 2.07 bits per heavy atom. The minimum Gasteiger partial charge on any atom is -0.876 e. The molecule has 0 atom stereocenters. The molecule has 3 nitrogen and oxygen atoms in total. The van der Waals surface area contributed by atoms with Gasteiger partial charge in [0.2, 0.25) is 0 Å². The molecule has 0 aliphatic heterocycles. The van der Waals surface area contributed by atoms with Gasteiger partial charge in [0.1, 0.15) is 0 Å². The number of hydrogen-bond donors (Lipinski definition) is 1. The highest BCUT2D eigenvalue weighted by Crippen LogP contribution is 2.04. The van der Waals surface area contributed by atoms with Crippen LogP contribution in [0.1, 0.15) is 52.4 Å². The Labute approximate surface area is 86.5 Å². The summed E-state index contributed by atoms with van der Waals surface area (Å²) >= 11 is 0. The van der Waals surface area contributed by atoms with E-state index in [1.807, 2.05) is 0 Å². The number of allylic oxidation sites excluding steroid dienone is 1. The van der Waals surface area contributed by atoms with Crippen molar-refractivity contribution in [2.24, 2.45) is 0 Å². The van der Waals surface area contributed by atoms with E-state index in [9.17, 15) is 9.90 Å². The summed E-state index contributed by atoms with van der Waals surface area (Å²) < 4.78 is 0. The largest absolute Gasteiger partial charge is 0.876 e. The predicted molar refractivity (Wildman–Crippen MR) is 55.8 cm³/mol. The van der Waals surface area contributed by atoms with Gasteiger partial charge in [0.05, 0.1) is 0 Å². The van der Waals surface area contributed by atoms with Gasteiger partial charge in [-0.3, -0.25) is 4.79 Å². The van der Waals surface area contributed by atoms with E-state index in [2.05, 4.69) is 13.5 Å². The van der Waals surface area contributed by atoms with Crippen molar-refractivity contribution in [1.29, 1.82) is 0 Å². The third-order valence-electron chi connectivity index (χ3n) is 1.49. The zero-order valence-electron chi connectivity index (χ0n) is 9.21. The summed E-state index contributed by atoms with van der Waals surface area (Å²) in [4.78, 5) is 10.0. The smallest absolute Gasteiger partial charge is 0.303 e. The molecule has 0 aromatic heterocycles. The molecule has 0 aromatic carbocycles. The quantitative estimate of drug-likeness (QED) is 0.530. The Balaban J connectivity index is 0. The van der Waals surface area contributed by atoms with Gasteiger partial charge in [-0.2, -0.15) is 0 Å². The van der Waals surface area contributed by atoms with E-state index >= 15 is 0 Å². The monoisotopic (exact) mass is 201 g/mol. The molecule has 0 radical (unpaired) electrons. The summed E-state index contributed by atoms with van der Waals surface area (Å²) in [6, 6.07) is 0. The van der Waals surface area contributed by atoms with Crippen LogP contribution in [0, 0.1) is 0 Å². The van der Waals surface area contributed by atoms with Crippen molar-refractivity contribution < 1.29 is 15.0 Å². The topological polar surface area (TPSA) is 60.4 Å². The Kier molecular flexibility index (Phi) is 13.3. The maximum absolute atomic E-state index is 10.0. The molecule has 0 heterocycles. The lowest BCUT2D eigenvalue weighted by atomic mass is 10.1. The molecule has 0 rings (SSSR count). The Hall–Kier alpha value is -0.990. The van der Waals surface area contributed by atoms with Crippen LogP contribution in [-0.4, -0.2) is 11.1 Å². The number of unbranched alkanes of at least 4 members (excludes halogenated alkanes) is 4. The number of carboxylic acids is 1. The molecule has 3 heteroatoms.